The molecule has 0 atom stereocenters. The van der Waals surface area contributed by atoms with E-state index >= 15 is 0 Å². The minimum atomic E-state index is -4.51. The highest BCUT2D eigenvalue weighted by Gasteiger charge is 2.28. The molecule has 1 aromatic carbocycles. The zero-order valence-electron chi connectivity index (χ0n) is 11.7. The van der Waals surface area contributed by atoms with Crippen molar-refractivity contribution in [1.82, 2.24) is 5.32 Å². The molecule has 2 aromatic rings. The number of para-hydroxylation sites is 1. The standard InChI is InChI=1S/C14H9Br2F3N2O2S/c15-8-5-10(24-11(8)16)13(23)21-9-4-2-1-3-7(9)12(22)20-6-14(17,18)19/h1-5H,6H2,(H,20,22)(H,21,23). The first-order valence-corrected chi connectivity index (χ1v) is 8.78. The third-order valence-electron chi connectivity index (χ3n) is 2.74. The van der Waals surface area contributed by atoms with Gasteiger partial charge in [-0.05, 0) is 50.1 Å². The largest absolute Gasteiger partial charge is 0.405 e. The molecule has 2 amide bonds. The first-order chi connectivity index (χ1) is 11.2. The summed E-state index contributed by atoms with van der Waals surface area (Å²) in [5.41, 5.74) is 0.0765. The highest BCUT2D eigenvalue weighted by Crippen LogP contribution is 2.32. The van der Waals surface area contributed by atoms with Crippen molar-refractivity contribution in [1.29, 1.82) is 0 Å². The number of anilines is 1. The lowest BCUT2D eigenvalue weighted by atomic mass is 10.1. The second-order valence-corrected chi connectivity index (χ2v) is 7.75. The Bertz CT molecular complexity index is 758. The Morgan fingerprint density at radius 3 is 2.38 bits per heavy atom. The molecule has 10 heteroatoms. The fourth-order valence-corrected chi connectivity index (χ4v) is 3.64. The Morgan fingerprint density at radius 1 is 1.12 bits per heavy atom. The molecule has 24 heavy (non-hydrogen) atoms. The minimum Gasteiger partial charge on any atom is -0.343 e. The molecule has 0 aliphatic rings. The summed E-state index contributed by atoms with van der Waals surface area (Å²) in [6, 6.07) is 7.43. The minimum absolute atomic E-state index is 0.0511. The number of alkyl halides is 3. The van der Waals surface area contributed by atoms with Crippen LogP contribution in [0.15, 0.2) is 38.6 Å². The van der Waals surface area contributed by atoms with Crippen LogP contribution in [-0.2, 0) is 0 Å². The lowest BCUT2D eigenvalue weighted by Crippen LogP contribution is -2.34. The SMILES string of the molecule is O=C(Nc1ccccc1C(=O)NCC(F)(F)F)c1cc(Br)c(Br)s1. The molecule has 0 fully saturated rings. The van der Waals surface area contributed by atoms with E-state index < -0.39 is 24.5 Å². The van der Waals surface area contributed by atoms with Crippen molar-refractivity contribution in [2.24, 2.45) is 0 Å². The molecule has 0 spiro atoms. The molecule has 0 aliphatic heterocycles. The molecular formula is C14H9Br2F3N2O2S. The molecule has 2 N–H and O–H groups in total. The van der Waals surface area contributed by atoms with Gasteiger partial charge >= 0.3 is 6.18 Å². The van der Waals surface area contributed by atoms with Crippen LogP contribution in [0, 0.1) is 0 Å². The van der Waals surface area contributed by atoms with Gasteiger partial charge in [-0.2, -0.15) is 13.2 Å². The van der Waals surface area contributed by atoms with E-state index in [9.17, 15) is 22.8 Å². The van der Waals surface area contributed by atoms with Gasteiger partial charge in [0.15, 0.2) is 0 Å². The van der Waals surface area contributed by atoms with Crippen LogP contribution < -0.4 is 10.6 Å². The number of thiophene rings is 1. The van der Waals surface area contributed by atoms with Crippen LogP contribution in [0.1, 0.15) is 20.0 Å². The van der Waals surface area contributed by atoms with Gasteiger partial charge in [0.25, 0.3) is 11.8 Å². The van der Waals surface area contributed by atoms with Crippen LogP contribution >= 0.6 is 43.2 Å². The molecule has 0 radical (unpaired) electrons. The average molecular weight is 486 g/mol. The van der Waals surface area contributed by atoms with Gasteiger partial charge in [0.2, 0.25) is 0 Å². The lowest BCUT2D eigenvalue weighted by molar-refractivity contribution is -0.123. The second-order valence-electron chi connectivity index (χ2n) is 4.53. The molecule has 4 nitrogen and oxygen atoms in total. The molecule has 0 saturated heterocycles. The van der Waals surface area contributed by atoms with Crippen LogP contribution in [0.2, 0.25) is 0 Å². The summed E-state index contributed by atoms with van der Waals surface area (Å²) in [6.07, 6.45) is -4.51. The Balaban J connectivity index is 2.16. The fraction of sp³-hybridized carbons (Fsp3) is 0.143. The number of nitrogens with one attached hydrogen (secondary N) is 2. The third kappa shape index (κ3) is 5.05. The molecular weight excluding hydrogens is 477 g/mol. The Kier molecular flexibility index (Phi) is 6.05. The quantitative estimate of drug-likeness (QED) is 0.652. The summed E-state index contributed by atoms with van der Waals surface area (Å²) in [5.74, 6) is -1.39. The predicted octanol–water partition coefficient (Wildman–Crippen LogP) is 4.82. The first kappa shape index (κ1) is 18.9. The van der Waals surface area contributed by atoms with E-state index in [-0.39, 0.29) is 11.3 Å². The molecule has 1 aromatic heterocycles. The molecule has 128 valence electrons. The van der Waals surface area contributed by atoms with Gasteiger partial charge in [0.05, 0.1) is 19.9 Å². The third-order valence-corrected chi connectivity index (χ3v) is 5.99. The van der Waals surface area contributed by atoms with Crippen molar-refractivity contribution in [3.8, 4) is 0 Å². The summed E-state index contributed by atoms with van der Waals surface area (Å²) in [6.45, 7) is -1.45. The number of hydrogen-bond donors (Lipinski definition) is 2. The van der Waals surface area contributed by atoms with Crippen LogP contribution in [0.3, 0.4) is 0 Å². The molecule has 2 rings (SSSR count). The number of hydrogen-bond acceptors (Lipinski definition) is 3. The van der Waals surface area contributed by atoms with Gasteiger partial charge < -0.3 is 10.6 Å². The van der Waals surface area contributed by atoms with Gasteiger partial charge in [0.1, 0.15) is 6.54 Å². The van der Waals surface area contributed by atoms with E-state index in [0.717, 1.165) is 3.79 Å². The van der Waals surface area contributed by atoms with Gasteiger partial charge in [-0.25, -0.2) is 0 Å². The number of benzene rings is 1. The van der Waals surface area contributed by atoms with E-state index in [0.29, 0.717) is 9.35 Å². The topological polar surface area (TPSA) is 58.2 Å². The van der Waals surface area contributed by atoms with Crippen molar-refractivity contribution in [2.75, 3.05) is 11.9 Å². The van der Waals surface area contributed by atoms with E-state index in [2.05, 4.69) is 37.2 Å². The molecule has 1 heterocycles. The highest BCUT2D eigenvalue weighted by molar-refractivity contribution is 9.13. The summed E-state index contributed by atoms with van der Waals surface area (Å²) < 4.78 is 38.1. The maximum absolute atomic E-state index is 12.2. The predicted molar refractivity (Wildman–Crippen MR) is 92.5 cm³/mol. The number of rotatable bonds is 4. The van der Waals surface area contributed by atoms with E-state index in [4.69, 9.17) is 0 Å². The summed E-state index contributed by atoms with van der Waals surface area (Å²) in [4.78, 5) is 24.5. The van der Waals surface area contributed by atoms with Crippen molar-refractivity contribution in [3.05, 3.63) is 49.0 Å². The Morgan fingerprint density at radius 2 is 1.79 bits per heavy atom. The van der Waals surface area contributed by atoms with Crippen LogP contribution in [0.5, 0.6) is 0 Å². The maximum Gasteiger partial charge on any atom is 0.405 e. The summed E-state index contributed by atoms with van der Waals surface area (Å²) in [5, 5.41) is 4.31. The van der Waals surface area contributed by atoms with E-state index in [1.165, 1.54) is 29.5 Å². The van der Waals surface area contributed by atoms with E-state index in [1.807, 2.05) is 0 Å². The molecule has 0 bridgehead atoms. The molecule has 0 unspecified atom stereocenters. The first-order valence-electron chi connectivity index (χ1n) is 6.37. The van der Waals surface area contributed by atoms with Crippen LogP contribution in [0.25, 0.3) is 0 Å². The van der Waals surface area contributed by atoms with Gasteiger partial charge in [-0.15, -0.1) is 11.3 Å². The van der Waals surface area contributed by atoms with Crippen LogP contribution in [-0.4, -0.2) is 24.5 Å². The van der Waals surface area contributed by atoms with Crippen molar-refractivity contribution in [2.45, 2.75) is 6.18 Å². The van der Waals surface area contributed by atoms with Gasteiger partial charge in [-0.1, -0.05) is 12.1 Å². The smallest absolute Gasteiger partial charge is 0.343 e. The Labute approximate surface area is 155 Å². The van der Waals surface area contributed by atoms with Gasteiger partial charge in [-0.3, -0.25) is 9.59 Å². The zero-order valence-corrected chi connectivity index (χ0v) is 15.7. The number of carbonyl (C=O) groups excluding carboxylic acids is 2. The molecule has 0 saturated carbocycles. The number of halogens is 5. The number of amides is 2. The second kappa shape index (κ2) is 7.66. The van der Waals surface area contributed by atoms with Gasteiger partial charge in [0, 0.05) is 4.47 Å². The van der Waals surface area contributed by atoms with Crippen molar-refractivity contribution < 1.29 is 22.8 Å². The number of carbonyl (C=O) groups is 2. The fourth-order valence-electron chi connectivity index (χ4n) is 1.71. The average Bonchev–Trinajstić information content (AvgIpc) is 2.84. The van der Waals surface area contributed by atoms with E-state index in [1.54, 1.807) is 17.4 Å². The highest BCUT2D eigenvalue weighted by atomic mass is 79.9. The Hall–Kier alpha value is -1.39. The molecule has 0 aliphatic carbocycles. The normalized spacial score (nSPS) is 11.2. The van der Waals surface area contributed by atoms with Crippen molar-refractivity contribution >= 4 is 60.7 Å². The summed E-state index contributed by atoms with van der Waals surface area (Å²) in [7, 11) is 0. The summed E-state index contributed by atoms with van der Waals surface area (Å²) >= 11 is 7.71. The lowest BCUT2D eigenvalue weighted by Gasteiger charge is -2.12. The van der Waals surface area contributed by atoms with Crippen LogP contribution in [0.4, 0.5) is 18.9 Å². The monoisotopic (exact) mass is 484 g/mol. The maximum atomic E-state index is 12.2. The zero-order chi connectivity index (χ0) is 17.9. The van der Waals surface area contributed by atoms with Crippen molar-refractivity contribution in [3.63, 3.8) is 0 Å².